The molecule has 0 atom stereocenters. The Hall–Kier alpha value is -2.34. The van der Waals surface area contributed by atoms with Crippen molar-refractivity contribution in [2.24, 2.45) is 0 Å². The molecule has 22 heavy (non-hydrogen) atoms. The summed E-state index contributed by atoms with van der Waals surface area (Å²) in [6.45, 7) is 1.79. The Morgan fingerprint density at radius 1 is 1.41 bits per heavy atom. The van der Waals surface area contributed by atoms with Gasteiger partial charge in [-0.3, -0.25) is 0 Å². The quantitative estimate of drug-likeness (QED) is 0.827. The molecule has 0 spiro atoms. The first-order chi connectivity index (χ1) is 10.4. The molecule has 2 rings (SSSR count). The van der Waals surface area contributed by atoms with E-state index in [-0.39, 0.29) is 0 Å². The van der Waals surface area contributed by atoms with Crippen LogP contribution >= 0.6 is 11.3 Å². The zero-order valence-electron chi connectivity index (χ0n) is 13.0. The van der Waals surface area contributed by atoms with Gasteiger partial charge in [-0.25, -0.2) is 9.78 Å². The molecule has 0 saturated carbocycles. The molecular formula is C16H19N3O2S. The van der Waals surface area contributed by atoms with Gasteiger partial charge >= 0.3 is 5.97 Å². The van der Waals surface area contributed by atoms with Crippen LogP contribution in [0, 0.1) is 0 Å². The molecular weight excluding hydrogens is 298 g/mol. The number of nitrogens with zero attached hydrogens (tertiary/aromatic N) is 2. The molecule has 116 valence electrons. The number of allylic oxidation sites excluding steroid dienone is 1. The third-order valence-corrected chi connectivity index (χ3v) is 4.38. The van der Waals surface area contributed by atoms with E-state index in [2.05, 4.69) is 10.3 Å². The Bertz CT molecular complexity index is 720. The average molecular weight is 317 g/mol. The van der Waals surface area contributed by atoms with E-state index < -0.39 is 5.97 Å². The summed E-state index contributed by atoms with van der Waals surface area (Å²) >= 11 is 1.45. The highest BCUT2D eigenvalue weighted by Gasteiger charge is 2.15. The standard InChI is InChI=1S/C16H19N3O2S/c1-10(8-13(20)21)15-14(18-16(17-2)22-15)11-6-5-7-12(9-11)19(3)4/h5-9H,1-4H3,(H,17,18)(H,20,21)/b10-8+. The molecule has 0 aliphatic heterocycles. The van der Waals surface area contributed by atoms with E-state index in [0.29, 0.717) is 5.57 Å². The summed E-state index contributed by atoms with van der Waals surface area (Å²) in [5.74, 6) is -0.954. The molecule has 5 nitrogen and oxygen atoms in total. The van der Waals surface area contributed by atoms with Gasteiger partial charge in [-0.05, 0) is 24.6 Å². The Morgan fingerprint density at radius 3 is 2.73 bits per heavy atom. The number of anilines is 2. The molecule has 1 aromatic carbocycles. The molecule has 2 aromatic rings. The third-order valence-electron chi connectivity index (χ3n) is 3.18. The van der Waals surface area contributed by atoms with Crippen LogP contribution in [0.15, 0.2) is 30.3 Å². The maximum atomic E-state index is 10.9. The van der Waals surface area contributed by atoms with Crippen LogP contribution in [0.2, 0.25) is 0 Å². The Kier molecular flexibility index (Phi) is 4.82. The van der Waals surface area contributed by atoms with Crippen molar-refractivity contribution in [1.29, 1.82) is 0 Å². The molecule has 0 amide bonds. The van der Waals surface area contributed by atoms with Gasteiger partial charge in [0.15, 0.2) is 5.13 Å². The lowest BCUT2D eigenvalue weighted by Gasteiger charge is -2.13. The van der Waals surface area contributed by atoms with Crippen LogP contribution < -0.4 is 10.2 Å². The minimum Gasteiger partial charge on any atom is -0.478 e. The van der Waals surface area contributed by atoms with Crippen molar-refractivity contribution in [2.45, 2.75) is 6.92 Å². The number of carboxylic acid groups (broad SMARTS) is 1. The van der Waals surface area contributed by atoms with E-state index in [4.69, 9.17) is 5.11 Å². The number of nitrogens with one attached hydrogen (secondary N) is 1. The lowest BCUT2D eigenvalue weighted by atomic mass is 10.1. The van der Waals surface area contributed by atoms with Gasteiger partial charge in [0.05, 0.1) is 10.6 Å². The summed E-state index contributed by atoms with van der Waals surface area (Å²) in [5, 5.41) is 12.8. The molecule has 2 N–H and O–H groups in total. The zero-order chi connectivity index (χ0) is 16.3. The van der Waals surface area contributed by atoms with E-state index in [0.717, 1.165) is 27.0 Å². The number of benzene rings is 1. The van der Waals surface area contributed by atoms with Gasteiger partial charge in [0.25, 0.3) is 0 Å². The molecule has 6 heteroatoms. The fraction of sp³-hybridized carbons (Fsp3) is 0.250. The van der Waals surface area contributed by atoms with Crippen LogP contribution in [-0.4, -0.2) is 37.2 Å². The van der Waals surface area contributed by atoms with Crippen molar-refractivity contribution in [3.05, 3.63) is 35.2 Å². The van der Waals surface area contributed by atoms with Crippen molar-refractivity contribution in [2.75, 3.05) is 31.4 Å². The molecule has 0 unspecified atom stereocenters. The van der Waals surface area contributed by atoms with Crippen molar-refractivity contribution >= 4 is 33.7 Å². The second-order valence-electron chi connectivity index (χ2n) is 5.06. The predicted octanol–water partition coefficient (Wildman–Crippen LogP) is 3.41. The van der Waals surface area contributed by atoms with E-state index in [1.165, 1.54) is 17.4 Å². The van der Waals surface area contributed by atoms with E-state index in [1.807, 2.05) is 43.3 Å². The molecule has 1 aromatic heterocycles. The molecule has 0 saturated heterocycles. The van der Waals surface area contributed by atoms with Gasteiger partial charge < -0.3 is 15.3 Å². The van der Waals surface area contributed by atoms with Crippen molar-refractivity contribution in [1.82, 2.24) is 4.98 Å². The van der Waals surface area contributed by atoms with Gasteiger partial charge in [0.1, 0.15) is 0 Å². The first-order valence-corrected chi connectivity index (χ1v) is 7.62. The summed E-state index contributed by atoms with van der Waals surface area (Å²) in [7, 11) is 5.77. The van der Waals surface area contributed by atoms with E-state index in [9.17, 15) is 4.79 Å². The number of hydrogen-bond acceptors (Lipinski definition) is 5. The van der Waals surface area contributed by atoms with Crippen LogP contribution in [0.3, 0.4) is 0 Å². The van der Waals surface area contributed by atoms with E-state index >= 15 is 0 Å². The molecule has 0 radical (unpaired) electrons. The highest BCUT2D eigenvalue weighted by molar-refractivity contribution is 7.17. The monoisotopic (exact) mass is 317 g/mol. The van der Waals surface area contributed by atoms with Crippen molar-refractivity contribution < 1.29 is 9.90 Å². The maximum Gasteiger partial charge on any atom is 0.328 e. The second kappa shape index (κ2) is 6.62. The van der Waals surface area contributed by atoms with Crippen LogP contribution in [-0.2, 0) is 4.79 Å². The highest BCUT2D eigenvalue weighted by Crippen LogP contribution is 2.36. The normalized spacial score (nSPS) is 11.4. The lowest BCUT2D eigenvalue weighted by Crippen LogP contribution is -2.08. The molecule has 1 heterocycles. The van der Waals surface area contributed by atoms with Gasteiger partial charge in [-0.1, -0.05) is 23.5 Å². The minimum atomic E-state index is -0.954. The first kappa shape index (κ1) is 16.0. The first-order valence-electron chi connectivity index (χ1n) is 6.80. The number of aromatic nitrogens is 1. The zero-order valence-corrected chi connectivity index (χ0v) is 13.9. The lowest BCUT2D eigenvalue weighted by molar-refractivity contribution is -0.131. The number of carboxylic acids is 1. The van der Waals surface area contributed by atoms with Gasteiger partial charge in [0.2, 0.25) is 0 Å². The average Bonchev–Trinajstić information content (AvgIpc) is 2.91. The van der Waals surface area contributed by atoms with Gasteiger partial charge in [-0.15, -0.1) is 0 Å². The van der Waals surface area contributed by atoms with Gasteiger partial charge in [-0.2, -0.15) is 0 Å². The Labute approximate surface area is 133 Å². The number of aliphatic carboxylic acids is 1. The Morgan fingerprint density at radius 2 is 2.14 bits per heavy atom. The number of rotatable bonds is 5. The summed E-state index contributed by atoms with van der Waals surface area (Å²) in [4.78, 5) is 18.4. The van der Waals surface area contributed by atoms with Crippen molar-refractivity contribution in [3.63, 3.8) is 0 Å². The molecule has 0 aliphatic rings. The molecule has 0 fully saturated rings. The summed E-state index contributed by atoms with van der Waals surface area (Å²) < 4.78 is 0. The SMILES string of the molecule is CNc1nc(-c2cccc(N(C)C)c2)c(/C(C)=C/C(=O)O)s1. The minimum absolute atomic E-state index is 0.691. The van der Waals surface area contributed by atoms with Crippen LogP contribution in [0.25, 0.3) is 16.8 Å². The van der Waals surface area contributed by atoms with Crippen molar-refractivity contribution in [3.8, 4) is 11.3 Å². The predicted molar refractivity (Wildman–Crippen MR) is 92.7 cm³/mol. The third kappa shape index (κ3) is 3.46. The van der Waals surface area contributed by atoms with E-state index in [1.54, 1.807) is 14.0 Å². The highest BCUT2D eigenvalue weighted by atomic mass is 32.1. The van der Waals surface area contributed by atoms with Crippen LogP contribution in [0.5, 0.6) is 0 Å². The maximum absolute atomic E-state index is 10.9. The Balaban J connectivity index is 2.57. The topological polar surface area (TPSA) is 65.5 Å². The van der Waals surface area contributed by atoms with Crippen LogP contribution in [0.4, 0.5) is 10.8 Å². The fourth-order valence-corrected chi connectivity index (χ4v) is 2.98. The number of carbonyl (C=O) groups is 1. The molecule has 0 bridgehead atoms. The smallest absolute Gasteiger partial charge is 0.328 e. The fourth-order valence-electron chi connectivity index (χ4n) is 2.07. The number of thiazole rings is 1. The van der Waals surface area contributed by atoms with Gasteiger partial charge in [0, 0.05) is 38.5 Å². The number of hydrogen-bond donors (Lipinski definition) is 2. The summed E-state index contributed by atoms with van der Waals surface area (Å²) in [5.41, 5.74) is 3.53. The van der Waals surface area contributed by atoms with Crippen LogP contribution in [0.1, 0.15) is 11.8 Å². The summed E-state index contributed by atoms with van der Waals surface area (Å²) in [6.07, 6.45) is 1.21. The second-order valence-corrected chi connectivity index (χ2v) is 6.06. The summed E-state index contributed by atoms with van der Waals surface area (Å²) in [6, 6.07) is 8.03. The molecule has 0 aliphatic carbocycles. The largest absolute Gasteiger partial charge is 0.478 e.